The molecule has 6 heteroatoms. The molecule has 4 aliphatic heterocycles. The molecule has 5 unspecified atom stereocenters. The lowest BCUT2D eigenvalue weighted by atomic mass is 9.52. The van der Waals surface area contributed by atoms with Gasteiger partial charge < -0.3 is 14.2 Å². The summed E-state index contributed by atoms with van der Waals surface area (Å²) < 4.78 is 19.9. The molecule has 5 atom stereocenters. The monoisotopic (exact) mass is 464 g/mol. The van der Waals surface area contributed by atoms with Crippen molar-refractivity contribution in [1.82, 2.24) is 0 Å². The molecule has 4 saturated heterocycles. The minimum absolute atomic E-state index is 0.236. The van der Waals surface area contributed by atoms with Crippen molar-refractivity contribution in [1.29, 1.82) is 0 Å². The molecule has 4 bridgehead atoms. The van der Waals surface area contributed by atoms with Crippen LogP contribution in [0.15, 0.2) is 18.2 Å². The molecular weight excluding hydrogens is 423 g/mol. The molecule has 0 amide bonds. The van der Waals surface area contributed by atoms with Crippen LogP contribution in [0.4, 0.5) is 0 Å². The topological polar surface area (TPSA) is 27.7 Å². The first-order valence-corrected chi connectivity index (χ1v) is 19.2. The number of hydrogen-bond donors (Lipinski definition) is 0. The van der Waals surface area contributed by atoms with Crippen LogP contribution in [0.2, 0.25) is 39.3 Å². The van der Waals surface area contributed by atoms with Crippen molar-refractivity contribution in [2.75, 3.05) is 6.16 Å². The maximum atomic E-state index is 6.82. The van der Waals surface area contributed by atoms with Crippen LogP contribution >= 0.6 is 9.24 Å². The van der Waals surface area contributed by atoms with Crippen molar-refractivity contribution in [2.24, 2.45) is 0 Å². The Morgan fingerprint density at radius 1 is 0.767 bits per heavy atom. The Bertz CT molecular complexity index is 841. The van der Waals surface area contributed by atoms with E-state index in [1.54, 1.807) is 10.4 Å². The fourth-order valence-electron chi connectivity index (χ4n) is 7.17. The van der Waals surface area contributed by atoms with E-state index in [9.17, 15) is 0 Å². The van der Waals surface area contributed by atoms with E-state index < -0.39 is 27.7 Å². The van der Waals surface area contributed by atoms with Gasteiger partial charge in [0.25, 0.3) is 0 Å². The highest BCUT2D eigenvalue weighted by Crippen LogP contribution is 2.68. The summed E-state index contributed by atoms with van der Waals surface area (Å²) in [6.07, 6.45) is 2.40. The van der Waals surface area contributed by atoms with Gasteiger partial charge in [-0.05, 0) is 39.4 Å². The third kappa shape index (κ3) is 3.03. The van der Waals surface area contributed by atoms with Gasteiger partial charge in [0.1, 0.15) is 0 Å². The van der Waals surface area contributed by atoms with Gasteiger partial charge in [-0.25, -0.2) is 0 Å². The Morgan fingerprint density at radius 2 is 1.23 bits per heavy atom. The molecule has 4 aliphatic rings. The highest BCUT2D eigenvalue weighted by Gasteiger charge is 2.77. The average molecular weight is 465 g/mol. The molecule has 1 aromatic rings. The van der Waals surface area contributed by atoms with E-state index >= 15 is 0 Å². The molecule has 168 valence electrons. The number of rotatable bonds is 4. The molecule has 0 saturated carbocycles. The van der Waals surface area contributed by atoms with Crippen LogP contribution < -0.4 is 10.4 Å². The zero-order valence-electron chi connectivity index (χ0n) is 20.7. The second kappa shape index (κ2) is 6.30. The Balaban J connectivity index is 1.97. The van der Waals surface area contributed by atoms with Crippen molar-refractivity contribution < 1.29 is 14.2 Å². The molecule has 0 aliphatic carbocycles. The summed E-state index contributed by atoms with van der Waals surface area (Å²) >= 11 is 0. The normalized spacial score (nSPS) is 43.3. The van der Waals surface area contributed by atoms with E-state index in [4.69, 9.17) is 14.2 Å². The Kier molecular flexibility index (Phi) is 4.86. The van der Waals surface area contributed by atoms with Crippen molar-refractivity contribution in [3.63, 3.8) is 0 Å². The van der Waals surface area contributed by atoms with Gasteiger partial charge in [0.2, 0.25) is 0 Å². The summed E-state index contributed by atoms with van der Waals surface area (Å²) in [5.41, 5.74) is 0.450. The maximum Gasteiger partial charge on any atom is 0.172 e. The van der Waals surface area contributed by atoms with Crippen LogP contribution in [0, 0.1) is 0 Å². The van der Waals surface area contributed by atoms with Gasteiger partial charge in [-0.15, -0.1) is 9.24 Å². The highest BCUT2D eigenvalue weighted by molar-refractivity contribution is 7.16. The molecule has 0 aromatic heterocycles. The van der Waals surface area contributed by atoms with Gasteiger partial charge in [0.05, 0.1) is 32.8 Å². The summed E-state index contributed by atoms with van der Waals surface area (Å²) in [4.78, 5) is 0. The van der Waals surface area contributed by atoms with Crippen LogP contribution in [0.1, 0.15) is 46.1 Å². The lowest BCUT2D eigenvalue weighted by Gasteiger charge is -2.74. The Hall–Kier alpha value is -0.0362. The maximum absolute atomic E-state index is 6.82. The number of hydrogen-bond acceptors (Lipinski definition) is 3. The van der Waals surface area contributed by atoms with Crippen molar-refractivity contribution >= 4 is 35.8 Å². The van der Waals surface area contributed by atoms with Crippen LogP contribution in [0.3, 0.4) is 0 Å². The van der Waals surface area contributed by atoms with Gasteiger partial charge in [0.15, 0.2) is 11.6 Å². The minimum atomic E-state index is -1.53. The third-order valence-corrected chi connectivity index (χ3v) is 12.8. The Labute approximate surface area is 187 Å². The molecule has 1 aromatic carbocycles. The fraction of sp³-hybridized carbons (Fsp3) is 0.750. The number of benzene rings is 1. The molecule has 0 radical (unpaired) electrons. The van der Waals surface area contributed by atoms with Crippen molar-refractivity contribution in [3.8, 4) is 0 Å². The predicted octanol–water partition coefficient (Wildman–Crippen LogP) is 4.71. The Morgan fingerprint density at radius 3 is 1.63 bits per heavy atom. The molecule has 4 heterocycles. The molecule has 3 nitrogen and oxygen atoms in total. The summed E-state index contributed by atoms with van der Waals surface area (Å²) in [6.45, 7) is 23.6. The van der Waals surface area contributed by atoms with Gasteiger partial charge in [-0.1, -0.05) is 67.9 Å². The quantitative estimate of drug-likeness (QED) is 0.477. The van der Waals surface area contributed by atoms with Gasteiger partial charge in [0, 0.05) is 12.8 Å². The highest BCUT2D eigenvalue weighted by atomic mass is 31.0. The summed E-state index contributed by atoms with van der Waals surface area (Å²) in [7, 11) is 0.0769. The van der Waals surface area contributed by atoms with Crippen LogP contribution in [0.5, 0.6) is 0 Å². The smallest absolute Gasteiger partial charge is 0.172 e. The van der Waals surface area contributed by atoms with Crippen LogP contribution in [-0.4, -0.2) is 45.1 Å². The van der Waals surface area contributed by atoms with E-state index in [-0.39, 0.29) is 16.6 Å². The van der Waals surface area contributed by atoms with Gasteiger partial charge in [-0.2, -0.15) is 0 Å². The molecule has 0 N–H and O–H groups in total. The first kappa shape index (κ1) is 23.1. The minimum Gasteiger partial charge on any atom is -0.343 e. The predicted molar refractivity (Wildman–Crippen MR) is 135 cm³/mol. The largest absolute Gasteiger partial charge is 0.343 e. The second-order valence-electron chi connectivity index (χ2n) is 12.8. The summed E-state index contributed by atoms with van der Waals surface area (Å²) in [6, 6.07) is 7.41. The first-order valence-electron chi connectivity index (χ1n) is 11.4. The van der Waals surface area contributed by atoms with E-state index in [0.29, 0.717) is 0 Å². The molecule has 4 fully saturated rings. The van der Waals surface area contributed by atoms with E-state index in [1.165, 1.54) is 5.56 Å². The lowest BCUT2D eigenvalue weighted by molar-refractivity contribution is -0.531. The van der Waals surface area contributed by atoms with Crippen LogP contribution in [-0.2, 0) is 19.6 Å². The van der Waals surface area contributed by atoms with E-state index in [0.717, 1.165) is 19.0 Å². The third-order valence-electron chi connectivity index (χ3n) is 7.87. The summed E-state index contributed by atoms with van der Waals surface area (Å²) in [5, 5.41) is 3.24. The van der Waals surface area contributed by atoms with Crippen molar-refractivity contribution in [2.45, 2.75) is 108 Å². The van der Waals surface area contributed by atoms with E-state index in [1.807, 2.05) is 0 Å². The number of ether oxygens (including phenoxy) is 3. The molecular formula is C24H41O3PSi2. The molecule has 5 rings (SSSR count). The lowest BCUT2D eigenvalue weighted by Crippen LogP contribution is -2.84. The zero-order valence-corrected chi connectivity index (χ0v) is 23.8. The van der Waals surface area contributed by atoms with Crippen LogP contribution in [0.25, 0.3) is 0 Å². The van der Waals surface area contributed by atoms with Gasteiger partial charge in [-0.3, -0.25) is 0 Å². The molecule has 0 spiro atoms. The first-order chi connectivity index (χ1) is 13.4. The van der Waals surface area contributed by atoms with Crippen molar-refractivity contribution in [3.05, 3.63) is 23.8 Å². The zero-order chi connectivity index (χ0) is 22.6. The summed E-state index contributed by atoms with van der Waals surface area (Å²) in [5.74, 6) is -1.17. The SMILES string of the molecule is CC12CC3(C)OC(C)(CC(C)(O1)C3(CP)c1ccc([Si](C)(C)C)c([Si](C)(C)C)c1)O2. The fourth-order valence-corrected chi connectivity index (χ4v) is 13.5. The van der Waals surface area contributed by atoms with E-state index in [2.05, 4.69) is 94.4 Å². The second-order valence-corrected chi connectivity index (χ2v) is 23.2. The average Bonchev–Trinajstić information content (AvgIpc) is 2.48. The standard InChI is InChI=1S/C24H41O3PSi2/c1-20-14-22(3)26-21(2,15-23(4,25-20)27-22)24(20,16-28)17-11-12-18(29(5,6)7)19(13-17)30(8,9)10/h11-13H,14-16,28H2,1-10H3. The van der Waals surface area contributed by atoms with Gasteiger partial charge >= 0.3 is 0 Å². The molecule has 30 heavy (non-hydrogen) atoms.